The fourth-order valence-electron chi connectivity index (χ4n) is 24.9. The zero-order valence-electron chi connectivity index (χ0n) is 70.2. The van der Waals surface area contributed by atoms with Crippen LogP contribution in [0.2, 0.25) is 0 Å². The second kappa shape index (κ2) is 35.7. The molecule has 101 heavy (non-hydrogen) atoms. The van der Waals surface area contributed by atoms with Crippen molar-refractivity contribution in [2.75, 3.05) is 52.5 Å². The van der Waals surface area contributed by atoms with E-state index in [2.05, 4.69) is 136 Å². The van der Waals surface area contributed by atoms with Crippen LogP contribution in [0.25, 0.3) is 0 Å². The predicted molar refractivity (Wildman–Crippen MR) is 432 cm³/mol. The Balaban J connectivity index is 0.000000159. The number of fused-ring (bicyclic) bond motifs is 8. The number of hydrogen-bond donors (Lipinski definition) is 11. The fraction of sp³-hybridized carbons (Fsp3) is 1.00. The van der Waals surface area contributed by atoms with Gasteiger partial charge in [0.25, 0.3) is 0 Å². The highest BCUT2D eigenvalue weighted by atomic mass is 16.5. The Labute approximate surface area is 625 Å². The monoisotopic (exact) mass is 1420 g/mol. The lowest BCUT2D eigenvalue weighted by Crippen LogP contribution is -2.60. The quantitative estimate of drug-likeness (QED) is 0.118. The Hall–Kier alpha value is -0.520. The lowest BCUT2D eigenvalue weighted by atomic mass is 9.45. The van der Waals surface area contributed by atoms with E-state index in [1.165, 1.54) is 148 Å². The molecule has 20 saturated carbocycles. The van der Waals surface area contributed by atoms with E-state index >= 15 is 0 Å². The average molecular weight is 1420 g/mol. The van der Waals surface area contributed by atoms with E-state index in [4.69, 9.17) is 62.1 Å². The molecule has 10 unspecified atom stereocenters. The second-order valence-electron chi connectivity index (χ2n) is 44.1. The first-order valence-electron chi connectivity index (χ1n) is 43.1. The zero-order valence-corrected chi connectivity index (χ0v) is 70.2. The van der Waals surface area contributed by atoms with Gasteiger partial charge in [0.2, 0.25) is 0 Å². The van der Waals surface area contributed by atoms with Crippen LogP contribution in [0.3, 0.4) is 0 Å². The second-order valence-corrected chi connectivity index (χ2v) is 44.1. The van der Waals surface area contributed by atoms with E-state index in [1.807, 2.05) is 6.92 Å². The summed E-state index contributed by atoms with van der Waals surface area (Å²) in [6, 6.07) is 2.92. The van der Waals surface area contributed by atoms with Gasteiger partial charge in [0, 0.05) is 61.9 Å². The molecule has 0 aromatic carbocycles. The molecule has 13 nitrogen and oxygen atoms in total. The molecule has 1 saturated heterocycles. The van der Waals surface area contributed by atoms with Gasteiger partial charge < -0.3 is 67.2 Å². The van der Waals surface area contributed by atoms with Crippen molar-refractivity contribution in [2.24, 2.45) is 201 Å². The third-order valence-electron chi connectivity index (χ3n) is 32.1. The number of morpholine rings is 1. The number of ether oxygens (including phenoxy) is 1. The molecule has 0 amide bonds. The van der Waals surface area contributed by atoms with Crippen molar-refractivity contribution < 1.29 is 9.84 Å². The molecule has 0 spiro atoms. The van der Waals surface area contributed by atoms with Crippen LogP contribution in [0.1, 0.15) is 312 Å². The van der Waals surface area contributed by atoms with Gasteiger partial charge in [0.05, 0.1) is 18.8 Å². The van der Waals surface area contributed by atoms with Crippen LogP contribution in [0.15, 0.2) is 0 Å². The van der Waals surface area contributed by atoms with Gasteiger partial charge >= 0.3 is 0 Å². The molecule has 21 rings (SSSR count). The normalized spacial score (nSPS) is 43.9. The lowest BCUT2D eigenvalue weighted by molar-refractivity contribution is -0.168. The summed E-state index contributed by atoms with van der Waals surface area (Å²) in [6.45, 7) is 52.7. The Kier molecular flexibility index (Phi) is 31.0. The van der Waals surface area contributed by atoms with Gasteiger partial charge in [0.1, 0.15) is 0 Å². The van der Waals surface area contributed by atoms with Crippen LogP contribution in [0.5, 0.6) is 0 Å². The van der Waals surface area contributed by atoms with Crippen molar-refractivity contribution >= 4 is 0 Å². The molecule has 16 bridgehead atoms. The van der Waals surface area contributed by atoms with E-state index in [9.17, 15) is 5.11 Å². The van der Waals surface area contributed by atoms with Crippen LogP contribution in [-0.2, 0) is 4.74 Å². The van der Waals surface area contributed by atoms with Gasteiger partial charge in [-0.3, -0.25) is 4.90 Å². The molecule has 594 valence electrons. The molecule has 0 aromatic heterocycles. The maximum Gasteiger partial charge on any atom is 0.0659 e. The standard InChI is InChI=1S/C12H21NO.C11H19N.3C10H19N.C9H19N.C8H18N2O.C7H13N.C6H15N.C5H13N/c1-8(13)11-3-9-2-10(4-11)6-12(14,5-9)7-11;12-7-11-4-8-1-9(5-11)3-10(2-8)6-11;2*1-6-8-4-7(5-9(6)11)10(8,2)3;1-10(2)8-4-3-7(6-11)9(10)5-8;1-7-4-8(10)6-9(2,3)5-7;1-2-8(9)7-10-3-5-11-6-4-10;8-7-4-5-1-2-6(7)3-5;1-5(7)6(2,3)4;1-5(2,3)4-6/h8-10,14H,2-7,13H2,1H3;8-10H,1-7,12H2;2*6-9H,4-5,11H2,1-3H3;7-9H,3-6,11H2,1-2H3;7-8H,4-6,10H2,1-3H3;8H,2-7,9H2,1H3;5-7H,1-4,8H2;5H,7H2,1-4H3;4,6H2,1-3H3/t;;6-,7+,8-,9+;6-,7+,8-,9-;7-,8?,9-;;;5?,6?,7-;;/m..110..1../s1. The number of rotatable bonds is 6. The van der Waals surface area contributed by atoms with E-state index in [0.717, 1.165) is 179 Å². The van der Waals surface area contributed by atoms with Crippen LogP contribution in [-0.4, -0.2) is 110 Å². The third kappa shape index (κ3) is 23.1. The summed E-state index contributed by atoms with van der Waals surface area (Å²) in [5.74, 6) is 15.5. The molecule has 0 radical (unpaired) electrons. The molecule has 1 aliphatic heterocycles. The number of hydrogen-bond acceptors (Lipinski definition) is 13. The molecule has 1 heterocycles. The van der Waals surface area contributed by atoms with Gasteiger partial charge in [-0.1, -0.05) is 131 Å². The summed E-state index contributed by atoms with van der Waals surface area (Å²) in [4.78, 5) is 2.37. The fourth-order valence-corrected chi connectivity index (χ4v) is 24.9. The first-order valence-corrected chi connectivity index (χ1v) is 43.1. The largest absolute Gasteiger partial charge is 0.390 e. The highest BCUT2D eigenvalue weighted by molar-refractivity contribution is 5.12. The lowest BCUT2D eigenvalue weighted by Gasteiger charge is -2.61. The first-order chi connectivity index (χ1) is 46.7. The Bertz CT molecular complexity index is 2320. The van der Waals surface area contributed by atoms with Crippen molar-refractivity contribution in [2.45, 2.75) is 360 Å². The zero-order chi connectivity index (χ0) is 75.4. The highest BCUT2D eigenvalue weighted by Crippen LogP contribution is 2.65. The van der Waals surface area contributed by atoms with Crippen LogP contribution in [0.4, 0.5) is 0 Å². The van der Waals surface area contributed by atoms with Gasteiger partial charge in [-0.15, -0.1) is 0 Å². The van der Waals surface area contributed by atoms with Gasteiger partial charge in [0.15, 0.2) is 0 Å². The molecule has 21 N–H and O–H groups in total. The Morgan fingerprint density at radius 2 is 0.980 bits per heavy atom. The molecular weight excluding hydrogens is 1240 g/mol. The highest BCUT2D eigenvalue weighted by Gasteiger charge is 2.60. The van der Waals surface area contributed by atoms with E-state index < -0.39 is 0 Å². The molecule has 21 aliphatic rings. The van der Waals surface area contributed by atoms with Gasteiger partial charge in [-0.2, -0.15) is 0 Å². The van der Waals surface area contributed by atoms with E-state index in [-0.39, 0.29) is 17.1 Å². The molecule has 21 fully saturated rings. The van der Waals surface area contributed by atoms with Crippen LogP contribution < -0.4 is 57.3 Å². The molecular formula is C88H175N11O2. The molecule has 21 atom stereocenters. The van der Waals surface area contributed by atoms with Gasteiger partial charge in [-0.05, 0) is 344 Å². The summed E-state index contributed by atoms with van der Waals surface area (Å²) in [7, 11) is 0. The number of aliphatic hydroxyl groups is 1. The van der Waals surface area contributed by atoms with Crippen molar-refractivity contribution in [3.8, 4) is 0 Å². The predicted octanol–water partition coefficient (Wildman–Crippen LogP) is 15.6. The summed E-state index contributed by atoms with van der Waals surface area (Å²) >= 11 is 0. The Morgan fingerprint density at radius 1 is 0.515 bits per heavy atom. The van der Waals surface area contributed by atoms with E-state index in [0.29, 0.717) is 74.2 Å². The smallest absolute Gasteiger partial charge is 0.0659 e. The first kappa shape index (κ1) is 87.7. The topological polar surface area (TPSA) is 293 Å². The minimum atomic E-state index is -0.336. The maximum atomic E-state index is 10.5. The van der Waals surface area contributed by atoms with Crippen molar-refractivity contribution in [3.63, 3.8) is 0 Å². The average Bonchev–Trinajstić information content (AvgIpc) is 0.945. The van der Waals surface area contributed by atoms with Crippen LogP contribution >= 0.6 is 0 Å². The van der Waals surface area contributed by atoms with Crippen molar-refractivity contribution in [1.82, 2.24) is 4.90 Å². The SMILES string of the molecule is CC(C)(C)CN.CC(N)C(C)(C)C.CC(N)C12CC3CC(CC(O)(C3)C1)C2.CC1(C)C2CC[C@@H](CN)[C@@H]1C2.CC1CC(N)CC(C)(C)C1.CCC(N)CN1CCOCC1.C[C@@H]1[C@H]2C[C@@H](C[C@@H]1N)C2(C)C.C[C@H]1[C@H](N)C[C@@H]2C[C@H]1C2(C)C.NCC12CC3CC(CC(C3)C1)C2.N[C@@H]1CC2CCC1C2. The summed E-state index contributed by atoms with van der Waals surface area (Å²) < 4.78 is 5.23. The molecule has 13 heteroatoms. The number of nitrogens with zero attached hydrogens (tertiary/aromatic N) is 1. The summed E-state index contributed by atoms with van der Waals surface area (Å²) in [5.41, 5.74) is 61.8. The molecule has 0 aromatic rings. The minimum absolute atomic E-state index is 0.264. The van der Waals surface area contributed by atoms with Crippen LogP contribution in [0, 0.1) is 144 Å². The number of nitrogens with two attached hydrogens (primary N) is 10. The van der Waals surface area contributed by atoms with Crippen molar-refractivity contribution in [1.29, 1.82) is 0 Å². The van der Waals surface area contributed by atoms with E-state index in [1.54, 1.807) is 0 Å². The van der Waals surface area contributed by atoms with Gasteiger partial charge in [-0.25, -0.2) is 0 Å². The maximum absolute atomic E-state index is 10.5. The van der Waals surface area contributed by atoms with Crippen molar-refractivity contribution in [3.05, 3.63) is 0 Å². The summed E-state index contributed by atoms with van der Waals surface area (Å²) in [6.07, 6.45) is 36.3. The summed E-state index contributed by atoms with van der Waals surface area (Å²) in [5, 5.41) is 10.5. The third-order valence-corrected chi connectivity index (χ3v) is 32.1. The minimum Gasteiger partial charge on any atom is -0.390 e. The Morgan fingerprint density at radius 3 is 1.28 bits per heavy atom. The molecule has 20 aliphatic carbocycles.